The molecule has 0 aliphatic heterocycles. The molecule has 3 rings (SSSR count). The summed E-state index contributed by atoms with van der Waals surface area (Å²) >= 11 is 5.71. The summed E-state index contributed by atoms with van der Waals surface area (Å²) in [7, 11) is 0. The number of aromatic nitrogens is 1. The highest BCUT2D eigenvalue weighted by atomic mass is 35.5. The summed E-state index contributed by atoms with van der Waals surface area (Å²) in [6.07, 6.45) is 5.87. The third-order valence-corrected chi connectivity index (χ3v) is 4.80. The lowest BCUT2D eigenvalue weighted by molar-refractivity contribution is -0.225. The minimum atomic E-state index is -0.319. The Bertz CT molecular complexity index is 498. The van der Waals surface area contributed by atoms with Crippen LogP contribution in [-0.4, -0.2) is 29.8 Å². The molecule has 1 spiro atoms. The second-order valence-corrected chi connectivity index (χ2v) is 5.92. The van der Waals surface area contributed by atoms with Crippen LogP contribution in [0, 0.1) is 5.41 Å². The van der Waals surface area contributed by atoms with Gasteiger partial charge in [0.2, 0.25) is 0 Å². The van der Waals surface area contributed by atoms with Crippen LogP contribution in [0.4, 0.5) is 0 Å². The van der Waals surface area contributed by atoms with Crippen molar-refractivity contribution in [3.8, 4) is 0 Å². The van der Waals surface area contributed by atoms with E-state index in [0.29, 0.717) is 17.3 Å². The van der Waals surface area contributed by atoms with Crippen LogP contribution >= 0.6 is 11.6 Å². The molecule has 2 atom stereocenters. The topological polar surface area (TPSA) is 48.4 Å². The van der Waals surface area contributed by atoms with Gasteiger partial charge in [-0.15, -0.1) is 0 Å². The number of esters is 1. The summed E-state index contributed by atoms with van der Waals surface area (Å²) in [5, 5.41) is 0.372. The van der Waals surface area contributed by atoms with E-state index in [1.54, 1.807) is 12.1 Å². The van der Waals surface area contributed by atoms with E-state index in [9.17, 15) is 4.79 Å². The Morgan fingerprint density at radius 2 is 2.25 bits per heavy atom. The Morgan fingerprint density at radius 1 is 1.45 bits per heavy atom. The van der Waals surface area contributed by atoms with E-state index in [-0.39, 0.29) is 23.6 Å². The maximum Gasteiger partial charge on any atom is 0.339 e. The molecule has 2 aliphatic rings. The zero-order valence-electron chi connectivity index (χ0n) is 11.5. The van der Waals surface area contributed by atoms with Gasteiger partial charge in [0.05, 0.1) is 11.7 Å². The van der Waals surface area contributed by atoms with Crippen LogP contribution in [0.3, 0.4) is 0 Å². The van der Waals surface area contributed by atoms with Crippen LogP contribution in [0.25, 0.3) is 0 Å². The van der Waals surface area contributed by atoms with E-state index in [0.717, 1.165) is 19.3 Å². The van der Waals surface area contributed by atoms with E-state index in [1.165, 1.54) is 12.6 Å². The second-order valence-electron chi connectivity index (χ2n) is 5.53. The van der Waals surface area contributed by atoms with Crippen molar-refractivity contribution in [3.05, 3.63) is 29.0 Å². The summed E-state index contributed by atoms with van der Waals surface area (Å²) < 4.78 is 11.4. The number of carbonyl (C=O) groups is 1. The molecule has 1 aromatic rings. The molecule has 1 heterocycles. The SMILES string of the molecule is CCO[C@H]1C[C@@H](OC(=O)c2ccc(Cl)nc2)C12CCC2. The Hall–Kier alpha value is -1.13. The molecule has 0 amide bonds. The molecule has 0 saturated heterocycles. The molecule has 2 aliphatic carbocycles. The normalized spacial score (nSPS) is 26.7. The highest BCUT2D eigenvalue weighted by Gasteiger charge is 2.61. The average molecular weight is 296 g/mol. The van der Waals surface area contributed by atoms with Crippen LogP contribution in [-0.2, 0) is 9.47 Å². The fourth-order valence-electron chi connectivity index (χ4n) is 3.23. The molecule has 4 nitrogen and oxygen atoms in total. The molecule has 2 saturated carbocycles. The van der Waals surface area contributed by atoms with Gasteiger partial charge in [0.1, 0.15) is 11.3 Å². The van der Waals surface area contributed by atoms with E-state index in [1.807, 2.05) is 6.92 Å². The highest BCUT2D eigenvalue weighted by Crippen LogP contribution is 2.58. The van der Waals surface area contributed by atoms with Crippen LogP contribution in [0.15, 0.2) is 18.3 Å². The summed E-state index contributed by atoms with van der Waals surface area (Å²) in [6.45, 7) is 2.72. The lowest BCUT2D eigenvalue weighted by Gasteiger charge is -2.59. The molecular formula is C15H18ClNO3. The van der Waals surface area contributed by atoms with Gasteiger partial charge >= 0.3 is 5.97 Å². The van der Waals surface area contributed by atoms with Crippen molar-refractivity contribution in [2.24, 2.45) is 5.41 Å². The first-order chi connectivity index (χ1) is 9.65. The van der Waals surface area contributed by atoms with Crippen LogP contribution in [0.1, 0.15) is 43.0 Å². The zero-order chi connectivity index (χ0) is 14.2. The number of rotatable bonds is 4. The largest absolute Gasteiger partial charge is 0.458 e. The van der Waals surface area contributed by atoms with Crippen molar-refractivity contribution in [2.75, 3.05) is 6.61 Å². The van der Waals surface area contributed by atoms with Gasteiger partial charge in [0.15, 0.2) is 0 Å². The van der Waals surface area contributed by atoms with E-state index >= 15 is 0 Å². The van der Waals surface area contributed by atoms with Gasteiger partial charge in [-0.25, -0.2) is 9.78 Å². The Labute approximate surface area is 123 Å². The number of carbonyl (C=O) groups excluding carboxylic acids is 1. The van der Waals surface area contributed by atoms with Crippen LogP contribution in [0.5, 0.6) is 0 Å². The van der Waals surface area contributed by atoms with E-state index < -0.39 is 0 Å². The fourth-order valence-corrected chi connectivity index (χ4v) is 3.35. The second kappa shape index (κ2) is 5.34. The van der Waals surface area contributed by atoms with E-state index in [2.05, 4.69) is 4.98 Å². The molecule has 2 fully saturated rings. The molecule has 5 heteroatoms. The van der Waals surface area contributed by atoms with Crippen molar-refractivity contribution in [2.45, 2.75) is 44.8 Å². The molecule has 0 unspecified atom stereocenters. The monoisotopic (exact) mass is 295 g/mol. The van der Waals surface area contributed by atoms with Crippen molar-refractivity contribution < 1.29 is 14.3 Å². The molecule has 0 aromatic carbocycles. The molecule has 1 aromatic heterocycles. The number of nitrogens with zero attached hydrogens (tertiary/aromatic N) is 1. The maximum atomic E-state index is 12.1. The number of hydrogen-bond acceptors (Lipinski definition) is 4. The van der Waals surface area contributed by atoms with Gasteiger partial charge in [0, 0.05) is 24.6 Å². The maximum absolute atomic E-state index is 12.1. The molecule has 20 heavy (non-hydrogen) atoms. The number of halogens is 1. The molecule has 0 bridgehead atoms. The molecular weight excluding hydrogens is 278 g/mol. The van der Waals surface area contributed by atoms with Gasteiger partial charge in [-0.2, -0.15) is 0 Å². The summed E-state index contributed by atoms with van der Waals surface area (Å²) in [6, 6.07) is 3.24. The standard InChI is InChI=1S/C15H18ClNO3/c1-2-19-11-8-12(15(11)6-3-7-15)20-14(18)10-4-5-13(16)17-9-10/h4-5,9,11-12H,2-3,6-8H2,1H3/t11-,12+/m0/s1. The summed E-state index contributed by atoms with van der Waals surface area (Å²) in [4.78, 5) is 16.0. The average Bonchev–Trinajstić information content (AvgIpc) is 2.36. The summed E-state index contributed by atoms with van der Waals surface area (Å²) in [5.74, 6) is -0.319. The first kappa shape index (κ1) is 13.8. The minimum Gasteiger partial charge on any atom is -0.458 e. The molecule has 108 valence electrons. The van der Waals surface area contributed by atoms with Crippen molar-refractivity contribution in [1.29, 1.82) is 0 Å². The number of ether oxygens (including phenoxy) is 2. The Balaban J connectivity index is 1.64. The lowest BCUT2D eigenvalue weighted by Crippen LogP contribution is -2.63. The molecule has 0 N–H and O–H groups in total. The first-order valence-corrected chi connectivity index (χ1v) is 7.47. The number of hydrogen-bond donors (Lipinski definition) is 0. The van der Waals surface area contributed by atoms with Crippen molar-refractivity contribution in [1.82, 2.24) is 4.98 Å². The highest BCUT2D eigenvalue weighted by molar-refractivity contribution is 6.29. The number of pyridine rings is 1. The Morgan fingerprint density at radius 3 is 2.80 bits per heavy atom. The van der Waals surface area contributed by atoms with Gasteiger partial charge in [0.25, 0.3) is 0 Å². The Kier molecular flexibility index (Phi) is 3.69. The van der Waals surface area contributed by atoms with Gasteiger partial charge in [-0.3, -0.25) is 0 Å². The predicted molar refractivity (Wildman–Crippen MR) is 74.8 cm³/mol. The van der Waals surface area contributed by atoms with Gasteiger partial charge in [-0.05, 0) is 31.9 Å². The predicted octanol–water partition coefficient (Wildman–Crippen LogP) is 3.24. The van der Waals surface area contributed by atoms with Crippen LogP contribution < -0.4 is 0 Å². The van der Waals surface area contributed by atoms with Crippen molar-refractivity contribution >= 4 is 17.6 Å². The zero-order valence-corrected chi connectivity index (χ0v) is 12.2. The third-order valence-electron chi connectivity index (χ3n) is 4.58. The quantitative estimate of drug-likeness (QED) is 0.632. The summed E-state index contributed by atoms with van der Waals surface area (Å²) in [5.41, 5.74) is 0.523. The third kappa shape index (κ3) is 2.21. The smallest absolute Gasteiger partial charge is 0.339 e. The van der Waals surface area contributed by atoms with E-state index in [4.69, 9.17) is 21.1 Å². The van der Waals surface area contributed by atoms with Crippen LogP contribution in [0.2, 0.25) is 5.15 Å². The minimum absolute atomic E-state index is 0.0176. The first-order valence-electron chi connectivity index (χ1n) is 7.10. The lowest BCUT2D eigenvalue weighted by atomic mass is 9.52. The molecule has 0 radical (unpaired) electrons. The fraction of sp³-hybridized carbons (Fsp3) is 0.600. The van der Waals surface area contributed by atoms with Crippen molar-refractivity contribution in [3.63, 3.8) is 0 Å². The van der Waals surface area contributed by atoms with Gasteiger partial charge in [-0.1, -0.05) is 18.0 Å². The van der Waals surface area contributed by atoms with Gasteiger partial charge < -0.3 is 9.47 Å².